The Morgan fingerprint density at radius 3 is 1.88 bits per heavy atom. The van der Waals surface area contributed by atoms with Crippen molar-refractivity contribution in [1.82, 2.24) is 0 Å². The van der Waals surface area contributed by atoms with Crippen LogP contribution in [0.4, 0.5) is 0 Å². The summed E-state index contributed by atoms with van der Waals surface area (Å²) in [6.07, 6.45) is 1.36. The van der Waals surface area contributed by atoms with E-state index in [1.165, 1.54) is 6.08 Å². The van der Waals surface area contributed by atoms with E-state index in [0.717, 1.165) is 11.1 Å². The number of amides is 1. The van der Waals surface area contributed by atoms with Gasteiger partial charge in [-0.25, -0.2) is 0 Å². The van der Waals surface area contributed by atoms with E-state index in [2.05, 4.69) is 0 Å². The maximum absolute atomic E-state index is 11.6. The molecule has 6 heteroatoms. The van der Waals surface area contributed by atoms with E-state index in [-0.39, 0.29) is 0 Å². The second-order valence-corrected chi connectivity index (χ2v) is 5.13. The number of hydrogen-bond acceptors (Lipinski definition) is 5. The average molecular weight is 343 g/mol. The lowest BCUT2D eigenvalue weighted by molar-refractivity contribution is -0.113. The fraction of sp³-hybridized carbons (Fsp3) is 0.211. The highest BCUT2D eigenvalue weighted by Gasteiger charge is 2.13. The zero-order valence-corrected chi connectivity index (χ0v) is 14.7. The van der Waals surface area contributed by atoms with Crippen molar-refractivity contribution >= 4 is 11.5 Å². The average Bonchev–Trinajstić information content (AvgIpc) is 2.64. The van der Waals surface area contributed by atoms with Gasteiger partial charge in [0.15, 0.2) is 11.5 Å². The first-order chi connectivity index (χ1) is 12.0. The van der Waals surface area contributed by atoms with Crippen molar-refractivity contribution < 1.29 is 23.7 Å². The molecule has 0 radical (unpaired) electrons. The van der Waals surface area contributed by atoms with Gasteiger partial charge in [0.1, 0.15) is 11.5 Å². The zero-order chi connectivity index (χ0) is 18.4. The van der Waals surface area contributed by atoms with Crippen molar-refractivity contribution in [2.24, 2.45) is 5.73 Å². The van der Waals surface area contributed by atoms with Crippen LogP contribution in [-0.2, 0) is 4.79 Å². The SMILES string of the molecule is COc1cc(OC)cc(/C(=C\C(N)=O)c2ccc(OC)c(OC)c2)c1. The quantitative estimate of drug-likeness (QED) is 0.782. The third-order valence-electron chi connectivity index (χ3n) is 3.64. The maximum atomic E-state index is 11.6. The molecule has 0 unspecified atom stereocenters. The first-order valence-corrected chi connectivity index (χ1v) is 7.49. The van der Waals surface area contributed by atoms with E-state index in [4.69, 9.17) is 24.7 Å². The predicted octanol–water partition coefficient (Wildman–Crippen LogP) is 2.64. The van der Waals surface area contributed by atoms with Crippen molar-refractivity contribution in [3.05, 3.63) is 53.6 Å². The molecule has 0 bridgehead atoms. The van der Waals surface area contributed by atoms with Gasteiger partial charge in [-0.2, -0.15) is 0 Å². The monoisotopic (exact) mass is 343 g/mol. The molecule has 2 N–H and O–H groups in total. The molecule has 132 valence electrons. The van der Waals surface area contributed by atoms with E-state index in [1.54, 1.807) is 58.8 Å². The first kappa shape index (κ1) is 18.2. The zero-order valence-electron chi connectivity index (χ0n) is 14.7. The number of rotatable bonds is 7. The summed E-state index contributed by atoms with van der Waals surface area (Å²) in [6.45, 7) is 0. The first-order valence-electron chi connectivity index (χ1n) is 7.49. The Bertz CT molecular complexity index is 776. The molecule has 0 aliphatic heterocycles. The van der Waals surface area contributed by atoms with Crippen molar-refractivity contribution in [2.45, 2.75) is 0 Å². The summed E-state index contributed by atoms with van der Waals surface area (Å²) in [6, 6.07) is 10.7. The Balaban J connectivity index is 2.64. The van der Waals surface area contributed by atoms with Crippen molar-refractivity contribution in [3.8, 4) is 23.0 Å². The second-order valence-electron chi connectivity index (χ2n) is 5.13. The van der Waals surface area contributed by atoms with Gasteiger partial charge in [-0.3, -0.25) is 4.79 Å². The standard InChI is InChI=1S/C19H21NO5/c1-22-14-7-13(8-15(10-14)23-2)16(11-19(20)21)12-5-6-17(24-3)18(9-12)25-4/h5-11H,1-4H3,(H2,20,21)/b16-11-. The molecule has 0 spiro atoms. The van der Waals surface area contributed by atoms with Gasteiger partial charge >= 0.3 is 0 Å². The number of carbonyl (C=O) groups excluding carboxylic acids is 1. The van der Waals surface area contributed by atoms with Gasteiger partial charge in [-0.05, 0) is 41.0 Å². The van der Waals surface area contributed by atoms with E-state index in [0.29, 0.717) is 28.6 Å². The molecule has 2 aromatic rings. The highest BCUT2D eigenvalue weighted by molar-refractivity contribution is 5.98. The van der Waals surface area contributed by atoms with Crippen LogP contribution >= 0.6 is 0 Å². The molecule has 0 saturated carbocycles. The molecule has 0 aliphatic rings. The van der Waals surface area contributed by atoms with Crippen molar-refractivity contribution in [2.75, 3.05) is 28.4 Å². The van der Waals surface area contributed by atoms with Gasteiger partial charge in [-0.1, -0.05) is 6.07 Å². The topological polar surface area (TPSA) is 80.0 Å². The van der Waals surface area contributed by atoms with Gasteiger partial charge in [0, 0.05) is 12.1 Å². The van der Waals surface area contributed by atoms with Crippen LogP contribution in [0, 0.1) is 0 Å². The molecule has 0 atom stereocenters. The third-order valence-corrected chi connectivity index (χ3v) is 3.64. The van der Waals surface area contributed by atoms with E-state index >= 15 is 0 Å². The molecule has 0 saturated heterocycles. The van der Waals surface area contributed by atoms with Crippen LogP contribution in [-0.4, -0.2) is 34.3 Å². The fourth-order valence-corrected chi connectivity index (χ4v) is 2.44. The molecule has 2 aromatic carbocycles. The Morgan fingerprint density at radius 2 is 1.40 bits per heavy atom. The number of carbonyl (C=O) groups is 1. The highest BCUT2D eigenvalue weighted by atomic mass is 16.5. The molecule has 1 amide bonds. The number of methoxy groups -OCH3 is 4. The van der Waals surface area contributed by atoms with E-state index in [9.17, 15) is 4.79 Å². The van der Waals surface area contributed by atoms with Crippen LogP contribution in [0.25, 0.3) is 5.57 Å². The number of ether oxygens (including phenoxy) is 4. The van der Waals surface area contributed by atoms with Gasteiger partial charge < -0.3 is 24.7 Å². The minimum atomic E-state index is -0.563. The van der Waals surface area contributed by atoms with E-state index in [1.807, 2.05) is 6.07 Å². The summed E-state index contributed by atoms with van der Waals surface area (Å²) in [5.41, 5.74) is 7.49. The van der Waals surface area contributed by atoms with Gasteiger partial charge in [0.2, 0.25) is 5.91 Å². The normalized spacial score (nSPS) is 11.0. The largest absolute Gasteiger partial charge is 0.497 e. The molecule has 6 nitrogen and oxygen atoms in total. The molecule has 0 fully saturated rings. The van der Waals surface area contributed by atoms with Crippen LogP contribution in [0.2, 0.25) is 0 Å². The molecular weight excluding hydrogens is 322 g/mol. The molecule has 2 rings (SSSR count). The van der Waals surface area contributed by atoms with Crippen LogP contribution in [0.5, 0.6) is 23.0 Å². The summed E-state index contributed by atoms with van der Waals surface area (Å²) < 4.78 is 21.2. The summed E-state index contributed by atoms with van der Waals surface area (Å²) in [5, 5.41) is 0. The Labute approximate surface area is 146 Å². The van der Waals surface area contributed by atoms with Crippen LogP contribution in [0.3, 0.4) is 0 Å². The third kappa shape index (κ3) is 4.23. The number of primary amides is 1. The molecular formula is C19H21NO5. The number of nitrogens with two attached hydrogens (primary N) is 1. The Kier molecular flexibility index (Phi) is 5.89. The molecule has 25 heavy (non-hydrogen) atoms. The molecule has 0 aromatic heterocycles. The molecule has 0 aliphatic carbocycles. The number of hydrogen-bond donors (Lipinski definition) is 1. The van der Waals surface area contributed by atoms with Gasteiger partial charge in [0.25, 0.3) is 0 Å². The van der Waals surface area contributed by atoms with Gasteiger partial charge in [0.05, 0.1) is 28.4 Å². The smallest absolute Gasteiger partial charge is 0.242 e. The predicted molar refractivity (Wildman–Crippen MR) is 95.4 cm³/mol. The minimum absolute atomic E-state index is 0.547. The van der Waals surface area contributed by atoms with Crippen LogP contribution in [0.1, 0.15) is 11.1 Å². The minimum Gasteiger partial charge on any atom is -0.497 e. The summed E-state index contributed by atoms with van der Waals surface area (Å²) in [5.74, 6) is 1.78. The second kappa shape index (κ2) is 8.10. The lowest BCUT2D eigenvalue weighted by Crippen LogP contribution is -2.08. The van der Waals surface area contributed by atoms with E-state index < -0.39 is 5.91 Å². The Hall–Kier alpha value is -3.15. The lowest BCUT2D eigenvalue weighted by atomic mass is 9.96. The van der Waals surface area contributed by atoms with Crippen molar-refractivity contribution in [3.63, 3.8) is 0 Å². The number of benzene rings is 2. The highest BCUT2D eigenvalue weighted by Crippen LogP contribution is 2.35. The van der Waals surface area contributed by atoms with Crippen LogP contribution < -0.4 is 24.7 Å². The summed E-state index contributed by atoms with van der Waals surface area (Å²) in [7, 11) is 6.23. The Morgan fingerprint density at radius 1 is 0.800 bits per heavy atom. The van der Waals surface area contributed by atoms with Crippen LogP contribution in [0.15, 0.2) is 42.5 Å². The fourth-order valence-electron chi connectivity index (χ4n) is 2.44. The summed E-state index contributed by atoms with van der Waals surface area (Å²) in [4.78, 5) is 11.6. The maximum Gasteiger partial charge on any atom is 0.242 e. The molecule has 0 heterocycles. The van der Waals surface area contributed by atoms with Crippen molar-refractivity contribution in [1.29, 1.82) is 0 Å². The lowest BCUT2D eigenvalue weighted by Gasteiger charge is -2.14. The summed E-state index contributed by atoms with van der Waals surface area (Å²) >= 11 is 0. The van der Waals surface area contributed by atoms with Gasteiger partial charge in [-0.15, -0.1) is 0 Å².